The van der Waals surface area contributed by atoms with E-state index in [2.05, 4.69) is 23.1 Å². The van der Waals surface area contributed by atoms with Gasteiger partial charge in [0, 0.05) is 27.8 Å². The fraction of sp³-hybridized carbons (Fsp3) is 0.231. The van der Waals surface area contributed by atoms with Gasteiger partial charge in [0.2, 0.25) is 0 Å². The zero-order chi connectivity index (χ0) is 12.5. The summed E-state index contributed by atoms with van der Waals surface area (Å²) in [6, 6.07) is 10.2. The van der Waals surface area contributed by atoms with Crippen LogP contribution in [-0.4, -0.2) is 12.3 Å². The number of fused-ring (bicyclic) bond motifs is 1. The van der Waals surface area contributed by atoms with Crippen LogP contribution in [0.2, 0.25) is 4.34 Å². The van der Waals surface area contributed by atoms with Crippen LogP contribution in [-0.2, 0) is 6.54 Å². The summed E-state index contributed by atoms with van der Waals surface area (Å²) in [5.41, 5.74) is 7.96. The Balaban J connectivity index is 1.88. The van der Waals surface area contributed by atoms with Crippen LogP contribution in [0.4, 0.5) is 11.4 Å². The molecule has 1 aromatic carbocycles. The minimum absolute atomic E-state index is 0.825. The van der Waals surface area contributed by atoms with E-state index in [0.717, 1.165) is 28.9 Å². The van der Waals surface area contributed by atoms with Crippen molar-refractivity contribution in [2.24, 2.45) is 0 Å². The van der Waals surface area contributed by atoms with Crippen molar-refractivity contribution in [3.05, 3.63) is 39.5 Å². The molecule has 0 saturated carbocycles. The Labute approximate surface area is 120 Å². The van der Waals surface area contributed by atoms with Crippen molar-refractivity contribution in [1.82, 2.24) is 0 Å². The zero-order valence-electron chi connectivity index (χ0n) is 9.73. The van der Waals surface area contributed by atoms with Crippen LogP contribution in [0.15, 0.2) is 35.2 Å². The van der Waals surface area contributed by atoms with Crippen molar-refractivity contribution in [3.63, 3.8) is 0 Å². The van der Waals surface area contributed by atoms with Crippen molar-refractivity contribution in [2.75, 3.05) is 22.9 Å². The van der Waals surface area contributed by atoms with E-state index in [1.54, 1.807) is 11.3 Å². The average Bonchev–Trinajstić information content (AvgIpc) is 2.76. The van der Waals surface area contributed by atoms with Crippen LogP contribution in [0.25, 0.3) is 0 Å². The number of hydrogen-bond acceptors (Lipinski definition) is 4. The third kappa shape index (κ3) is 2.46. The van der Waals surface area contributed by atoms with E-state index in [0.29, 0.717) is 0 Å². The number of halogens is 1. The predicted octanol–water partition coefficient (Wildman–Crippen LogP) is 4.10. The lowest BCUT2D eigenvalue weighted by Gasteiger charge is -2.30. The molecule has 1 aromatic heterocycles. The standard InChI is InChI=1S/C13H13ClN2S2/c14-13-4-2-10(18-13)8-16-5-6-17-12-3-1-9(15)7-11(12)16/h1-4,7H,5-6,8,15H2. The number of nitrogens with two attached hydrogens (primary N) is 1. The molecule has 0 radical (unpaired) electrons. The van der Waals surface area contributed by atoms with Crippen molar-refractivity contribution in [1.29, 1.82) is 0 Å². The summed E-state index contributed by atoms with van der Waals surface area (Å²) in [5, 5.41) is 0. The molecule has 0 bridgehead atoms. The normalized spacial score (nSPS) is 14.6. The van der Waals surface area contributed by atoms with Crippen LogP contribution in [0.5, 0.6) is 0 Å². The Kier molecular flexibility index (Phi) is 3.41. The topological polar surface area (TPSA) is 29.3 Å². The average molecular weight is 297 g/mol. The number of nitrogens with zero attached hydrogens (tertiary/aromatic N) is 1. The Hall–Kier alpha value is -0.840. The summed E-state index contributed by atoms with van der Waals surface area (Å²) in [5.74, 6) is 1.12. The number of thiophene rings is 1. The molecule has 0 unspecified atom stereocenters. The second-order valence-electron chi connectivity index (χ2n) is 4.20. The largest absolute Gasteiger partial charge is 0.399 e. The quantitative estimate of drug-likeness (QED) is 0.846. The maximum Gasteiger partial charge on any atom is 0.0931 e. The summed E-state index contributed by atoms with van der Waals surface area (Å²) in [7, 11) is 0. The molecule has 0 spiro atoms. The van der Waals surface area contributed by atoms with Gasteiger partial charge in [-0.05, 0) is 30.3 Å². The number of hydrogen-bond donors (Lipinski definition) is 1. The van der Waals surface area contributed by atoms with E-state index < -0.39 is 0 Å². The molecular formula is C13H13ClN2S2. The van der Waals surface area contributed by atoms with Gasteiger partial charge in [0.1, 0.15) is 0 Å². The van der Waals surface area contributed by atoms with E-state index in [9.17, 15) is 0 Å². The number of anilines is 2. The Morgan fingerprint density at radius 2 is 2.17 bits per heavy atom. The van der Waals surface area contributed by atoms with Gasteiger partial charge in [-0.3, -0.25) is 0 Å². The second kappa shape index (κ2) is 5.03. The first-order valence-corrected chi connectivity index (χ1v) is 7.92. The Morgan fingerprint density at radius 3 is 2.94 bits per heavy atom. The monoisotopic (exact) mass is 296 g/mol. The molecule has 1 aliphatic rings. The lowest BCUT2D eigenvalue weighted by atomic mass is 10.2. The van der Waals surface area contributed by atoms with Gasteiger partial charge < -0.3 is 10.6 Å². The van der Waals surface area contributed by atoms with Crippen molar-refractivity contribution < 1.29 is 0 Å². The van der Waals surface area contributed by atoms with Crippen molar-refractivity contribution >= 4 is 46.1 Å². The van der Waals surface area contributed by atoms with Crippen LogP contribution in [0, 0.1) is 0 Å². The van der Waals surface area contributed by atoms with E-state index in [4.69, 9.17) is 17.3 Å². The highest BCUT2D eigenvalue weighted by Crippen LogP contribution is 2.37. The van der Waals surface area contributed by atoms with E-state index in [1.165, 1.54) is 15.5 Å². The highest BCUT2D eigenvalue weighted by molar-refractivity contribution is 7.99. The van der Waals surface area contributed by atoms with Gasteiger partial charge in [0.05, 0.1) is 16.6 Å². The summed E-state index contributed by atoms with van der Waals surface area (Å²) in [6.07, 6.45) is 0. The third-order valence-corrected chi connectivity index (χ3v) is 5.18. The van der Waals surface area contributed by atoms with Gasteiger partial charge in [-0.25, -0.2) is 0 Å². The molecule has 2 heterocycles. The van der Waals surface area contributed by atoms with E-state index in [-0.39, 0.29) is 0 Å². The van der Waals surface area contributed by atoms with Crippen molar-refractivity contribution in [3.8, 4) is 0 Å². The number of thioether (sulfide) groups is 1. The molecule has 0 amide bonds. The minimum Gasteiger partial charge on any atom is -0.399 e. The molecule has 5 heteroatoms. The van der Waals surface area contributed by atoms with Crippen LogP contribution in [0.3, 0.4) is 0 Å². The molecule has 94 valence electrons. The van der Waals surface area contributed by atoms with Gasteiger partial charge in [-0.1, -0.05) is 11.6 Å². The molecule has 0 saturated heterocycles. The van der Waals surface area contributed by atoms with Crippen molar-refractivity contribution in [2.45, 2.75) is 11.4 Å². The second-order valence-corrected chi connectivity index (χ2v) is 7.14. The van der Waals surface area contributed by atoms with Crippen LogP contribution >= 0.6 is 34.7 Å². The molecule has 2 aromatic rings. The summed E-state index contributed by atoms with van der Waals surface area (Å²) >= 11 is 9.52. The van der Waals surface area contributed by atoms with Gasteiger partial charge in [-0.2, -0.15) is 0 Å². The SMILES string of the molecule is Nc1ccc2c(c1)N(Cc1ccc(Cl)s1)CCS2. The molecule has 18 heavy (non-hydrogen) atoms. The maximum absolute atomic E-state index is 5.98. The van der Waals surface area contributed by atoms with E-state index >= 15 is 0 Å². The molecule has 3 rings (SSSR count). The minimum atomic E-state index is 0.825. The molecule has 0 aliphatic carbocycles. The summed E-state index contributed by atoms with van der Waals surface area (Å²) < 4.78 is 0.851. The van der Waals surface area contributed by atoms with E-state index in [1.807, 2.05) is 23.9 Å². The number of rotatable bonds is 2. The third-order valence-electron chi connectivity index (χ3n) is 2.92. The van der Waals surface area contributed by atoms with Crippen LogP contribution in [0.1, 0.15) is 4.88 Å². The Bertz CT molecular complexity index is 568. The zero-order valence-corrected chi connectivity index (χ0v) is 12.1. The first-order chi connectivity index (χ1) is 8.72. The molecular weight excluding hydrogens is 284 g/mol. The highest BCUT2D eigenvalue weighted by Gasteiger charge is 2.18. The lowest BCUT2D eigenvalue weighted by molar-refractivity contribution is 0.827. The smallest absolute Gasteiger partial charge is 0.0931 e. The number of benzene rings is 1. The highest BCUT2D eigenvalue weighted by atomic mass is 35.5. The fourth-order valence-corrected chi connectivity index (χ4v) is 4.21. The maximum atomic E-state index is 5.98. The first kappa shape index (κ1) is 12.2. The first-order valence-electron chi connectivity index (χ1n) is 5.74. The van der Waals surface area contributed by atoms with Gasteiger partial charge >= 0.3 is 0 Å². The molecule has 1 aliphatic heterocycles. The predicted molar refractivity (Wildman–Crippen MR) is 82.0 cm³/mol. The molecule has 2 N–H and O–H groups in total. The van der Waals surface area contributed by atoms with Gasteiger partial charge in [-0.15, -0.1) is 23.1 Å². The molecule has 0 fully saturated rings. The lowest BCUT2D eigenvalue weighted by Crippen LogP contribution is -2.28. The summed E-state index contributed by atoms with van der Waals surface area (Å²) in [6.45, 7) is 1.96. The Morgan fingerprint density at radius 1 is 1.28 bits per heavy atom. The fourth-order valence-electron chi connectivity index (χ4n) is 2.08. The molecule has 2 nitrogen and oxygen atoms in total. The summed E-state index contributed by atoms with van der Waals surface area (Å²) in [4.78, 5) is 4.99. The molecule has 0 atom stereocenters. The van der Waals surface area contributed by atoms with Gasteiger partial charge in [0.15, 0.2) is 0 Å². The van der Waals surface area contributed by atoms with Gasteiger partial charge in [0.25, 0.3) is 0 Å². The van der Waals surface area contributed by atoms with Crippen LogP contribution < -0.4 is 10.6 Å². The number of nitrogen functional groups attached to an aromatic ring is 1.